The third kappa shape index (κ3) is 2.36. The molecule has 0 aromatic carbocycles. The van der Waals surface area contributed by atoms with Gasteiger partial charge in [0.15, 0.2) is 0 Å². The average Bonchev–Trinajstić information content (AvgIpc) is 3.18. The van der Waals surface area contributed by atoms with Gasteiger partial charge in [0, 0.05) is 13.7 Å². The molecule has 102 valence electrons. The van der Waals surface area contributed by atoms with Crippen molar-refractivity contribution in [2.75, 3.05) is 13.7 Å². The highest BCUT2D eigenvalue weighted by Crippen LogP contribution is 2.46. The number of aliphatic carboxylic acids is 1. The van der Waals surface area contributed by atoms with Gasteiger partial charge < -0.3 is 15.2 Å². The van der Waals surface area contributed by atoms with E-state index in [9.17, 15) is 9.59 Å². The Bertz CT molecular complexity index is 343. The molecule has 2 aliphatic rings. The summed E-state index contributed by atoms with van der Waals surface area (Å²) in [6.45, 7) is 0.428. The zero-order valence-corrected chi connectivity index (χ0v) is 10.8. The Morgan fingerprint density at radius 2 is 1.78 bits per heavy atom. The van der Waals surface area contributed by atoms with Crippen LogP contribution in [0.15, 0.2) is 0 Å². The molecule has 0 aliphatic heterocycles. The molecule has 2 fully saturated rings. The maximum absolute atomic E-state index is 11.9. The molecule has 0 saturated heterocycles. The molecule has 0 radical (unpaired) electrons. The van der Waals surface area contributed by atoms with E-state index in [4.69, 9.17) is 9.84 Å². The topological polar surface area (TPSA) is 75.6 Å². The van der Waals surface area contributed by atoms with Gasteiger partial charge in [-0.15, -0.1) is 0 Å². The first-order valence-corrected chi connectivity index (χ1v) is 6.62. The van der Waals surface area contributed by atoms with E-state index in [0.717, 1.165) is 25.7 Å². The van der Waals surface area contributed by atoms with E-state index in [-0.39, 0.29) is 11.5 Å². The van der Waals surface area contributed by atoms with Crippen LogP contribution in [-0.4, -0.2) is 36.2 Å². The number of hydrogen-bond acceptors (Lipinski definition) is 3. The smallest absolute Gasteiger partial charge is 0.319 e. The van der Waals surface area contributed by atoms with Gasteiger partial charge in [-0.3, -0.25) is 9.59 Å². The summed E-state index contributed by atoms with van der Waals surface area (Å²) in [5, 5.41) is 11.8. The number of carboxylic acid groups (broad SMARTS) is 1. The second kappa shape index (κ2) is 4.88. The van der Waals surface area contributed by atoms with Gasteiger partial charge in [0.05, 0.1) is 5.60 Å². The molecule has 0 spiro atoms. The third-order valence-corrected chi connectivity index (χ3v) is 4.36. The fourth-order valence-electron chi connectivity index (χ4n) is 2.72. The minimum atomic E-state index is -1.15. The van der Waals surface area contributed by atoms with Crippen molar-refractivity contribution in [1.29, 1.82) is 0 Å². The maximum atomic E-state index is 11.9. The Hall–Kier alpha value is -1.10. The maximum Gasteiger partial charge on any atom is 0.319 e. The fraction of sp³-hybridized carbons (Fsp3) is 0.846. The summed E-state index contributed by atoms with van der Waals surface area (Å²) in [4.78, 5) is 23.0. The van der Waals surface area contributed by atoms with Crippen molar-refractivity contribution >= 4 is 11.9 Å². The number of nitrogens with one attached hydrogen (secondary N) is 1. The number of carbonyl (C=O) groups excluding carboxylic acids is 1. The molecule has 0 bridgehead atoms. The lowest BCUT2D eigenvalue weighted by atomic mass is 9.84. The Kier molecular flexibility index (Phi) is 3.61. The number of rotatable bonds is 5. The quantitative estimate of drug-likeness (QED) is 0.726. The van der Waals surface area contributed by atoms with Gasteiger partial charge in [0.25, 0.3) is 0 Å². The second-order valence-corrected chi connectivity index (χ2v) is 5.52. The lowest BCUT2D eigenvalue weighted by Crippen LogP contribution is -2.48. The fourth-order valence-corrected chi connectivity index (χ4v) is 2.72. The number of ether oxygens (including phenoxy) is 1. The van der Waals surface area contributed by atoms with Crippen molar-refractivity contribution in [1.82, 2.24) is 5.32 Å². The van der Waals surface area contributed by atoms with Gasteiger partial charge >= 0.3 is 5.97 Å². The molecule has 2 N–H and O–H groups in total. The highest BCUT2D eigenvalue weighted by atomic mass is 16.5. The Labute approximate surface area is 107 Å². The van der Waals surface area contributed by atoms with Gasteiger partial charge in [-0.25, -0.2) is 0 Å². The van der Waals surface area contributed by atoms with Gasteiger partial charge in [0.2, 0.25) is 5.91 Å². The molecule has 18 heavy (non-hydrogen) atoms. The summed E-state index contributed by atoms with van der Waals surface area (Å²) in [5.74, 6) is -1.35. The summed E-state index contributed by atoms with van der Waals surface area (Å²) in [6.07, 6.45) is 6.19. The normalized spacial score (nSPS) is 24.3. The standard InChI is InChI=1S/C13H21NO4/c1-18-12(5-3-2-4-6-12)9-14-10(15)13(7-8-13)11(16)17/h2-9H2,1H3,(H,14,15)(H,16,17). The molecule has 1 amide bonds. The summed E-state index contributed by atoms with van der Waals surface area (Å²) in [6, 6.07) is 0. The highest BCUT2D eigenvalue weighted by Gasteiger charge is 2.57. The minimum absolute atomic E-state index is 0.289. The van der Waals surface area contributed by atoms with Crippen molar-refractivity contribution < 1.29 is 19.4 Å². The molecule has 0 aromatic heterocycles. The highest BCUT2D eigenvalue weighted by molar-refractivity contribution is 6.04. The molecular formula is C13H21NO4. The zero-order chi connectivity index (χ0) is 13.2. The zero-order valence-electron chi connectivity index (χ0n) is 10.8. The molecular weight excluding hydrogens is 234 g/mol. The van der Waals surface area contributed by atoms with Crippen molar-refractivity contribution in [2.24, 2.45) is 5.41 Å². The van der Waals surface area contributed by atoms with Crippen LogP contribution >= 0.6 is 0 Å². The molecule has 0 aromatic rings. The summed E-state index contributed by atoms with van der Waals surface area (Å²) in [7, 11) is 1.67. The van der Waals surface area contributed by atoms with Crippen LogP contribution in [0.3, 0.4) is 0 Å². The molecule has 2 rings (SSSR count). The molecule has 0 unspecified atom stereocenters. The number of carbonyl (C=O) groups is 2. The largest absolute Gasteiger partial charge is 0.480 e. The van der Waals surface area contributed by atoms with E-state index < -0.39 is 11.4 Å². The molecule has 2 aliphatic carbocycles. The van der Waals surface area contributed by atoms with Crippen LogP contribution in [-0.2, 0) is 14.3 Å². The first-order chi connectivity index (χ1) is 8.55. The van der Waals surface area contributed by atoms with Gasteiger partial charge in [-0.1, -0.05) is 19.3 Å². The molecule has 0 heterocycles. The lowest BCUT2D eigenvalue weighted by molar-refractivity contribution is -0.149. The first-order valence-electron chi connectivity index (χ1n) is 6.62. The van der Waals surface area contributed by atoms with Crippen molar-refractivity contribution in [2.45, 2.75) is 50.5 Å². The second-order valence-electron chi connectivity index (χ2n) is 5.52. The van der Waals surface area contributed by atoms with E-state index in [1.807, 2.05) is 0 Å². The van der Waals surface area contributed by atoms with Gasteiger partial charge in [-0.2, -0.15) is 0 Å². The monoisotopic (exact) mass is 255 g/mol. The molecule has 5 heteroatoms. The van der Waals surface area contributed by atoms with Gasteiger partial charge in [-0.05, 0) is 25.7 Å². The van der Waals surface area contributed by atoms with E-state index in [0.29, 0.717) is 19.4 Å². The summed E-state index contributed by atoms with van der Waals surface area (Å²) < 4.78 is 5.56. The predicted molar refractivity (Wildman–Crippen MR) is 65.1 cm³/mol. The van der Waals surface area contributed by atoms with Gasteiger partial charge in [0.1, 0.15) is 5.41 Å². The number of methoxy groups -OCH3 is 1. The number of hydrogen-bond donors (Lipinski definition) is 2. The Morgan fingerprint density at radius 1 is 1.17 bits per heavy atom. The van der Waals surface area contributed by atoms with Crippen molar-refractivity contribution in [3.63, 3.8) is 0 Å². The summed E-state index contributed by atoms with van der Waals surface area (Å²) in [5.41, 5.74) is -1.44. The molecule has 2 saturated carbocycles. The number of amides is 1. The number of carboxylic acids is 1. The molecule has 0 atom stereocenters. The minimum Gasteiger partial charge on any atom is -0.480 e. The Balaban J connectivity index is 1.90. The van der Waals surface area contributed by atoms with Crippen LogP contribution in [0.25, 0.3) is 0 Å². The SMILES string of the molecule is COC1(CNC(=O)C2(C(=O)O)CC2)CCCCC1. The summed E-state index contributed by atoms with van der Waals surface area (Å²) >= 11 is 0. The van der Waals surface area contributed by atoms with E-state index in [1.54, 1.807) is 7.11 Å². The van der Waals surface area contributed by atoms with Crippen LogP contribution in [0.1, 0.15) is 44.9 Å². The third-order valence-electron chi connectivity index (χ3n) is 4.36. The average molecular weight is 255 g/mol. The lowest BCUT2D eigenvalue weighted by Gasteiger charge is -2.36. The van der Waals surface area contributed by atoms with E-state index in [2.05, 4.69) is 5.32 Å². The Morgan fingerprint density at radius 3 is 2.22 bits per heavy atom. The first kappa shape index (κ1) is 13.3. The van der Waals surface area contributed by atoms with Crippen LogP contribution in [0.4, 0.5) is 0 Å². The van der Waals surface area contributed by atoms with Crippen LogP contribution in [0.2, 0.25) is 0 Å². The van der Waals surface area contributed by atoms with Crippen LogP contribution in [0.5, 0.6) is 0 Å². The van der Waals surface area contributed by atoms with Crippen LogP contribution in [0, 0.1) is 5.41 Å². The predicted octanol–water partition coefficient (Wildman–Crippen LogP) is 1.32. The molecule has 5 nitrogen and oxygen atoms in total. The van der Waals surface area contributed by atoms with Crippen LogP contribution < -0.4 is 5.32 Å². The van der Waals surface area contributed by atoms with E-state index >= 15 is 0 Å². The van der Waals surface area contributed by atoms with Crippen molar-refractivity contribution in [3.8, 4) is 0 Å². The van der Waals surface area contributed by atoms with Crippen molar-refractivity contribution in [3.05, 3.63) is 0 Å². The van der Waals surface area contributed by atoms with E-state index in [1.165, 1.54) is 6.42 Å².